The Bertz CT molecular complexity index is 1160. The van der Waals surface area contributed by atoms with Crippen LogP contribution >= 0.6 is 22.9 Å². The molecule has 10 heteroatoms. The fraction of sp³-hybridized carbons (Fsp3) is 0.238. The maximum atomic E-state index is 12.4. The van der Waals surface area contributed by atoms with E-state index in [4.69, 9.17) is 21.1 Å². The second-order valence-corrected chi connectivity index (χ2v) is 8.21. The molecule has 0 saturated carbocycles. The number of ether oxygens (including phenoxy) is 2. The zero-order valence-electron chi connectivity index (χ0n) is 17.0. The first kappa shape index (κ1) is 22.5. The van der Waals surface area contributed by atoms with Crippen LogP contribution < -0.4 is 14.9 Å². The molecule has 31 heavy (non-hydrogen) atoms. The van der Waals surface area contributed by atoms with Gasteiger partial charge in [-0.3, -0.25) is 14.9 Å². The predicted octanol–water partition coefficient (Wildman–Crippen LogP) is 5.41. The monoisotopic (exact) mass is 461 g/mol. The summed E-state index contributed by atoms with van der Waals surface area (Å²) in [5, 5.41) is 15.9. The fourth-order valence-electron chi connectivity index (χ4n) is 2.75. The van der Waals surface area contributed by atoms with Crippen molar-refractivity contribution >= 4 is 50.8 Å². The van der Waals surface area contributed by atoms with Crippen molar-refractivity contribution in [3.05, 3.63) is 62.0 Å². The molecule has 8 nitrogen and oxygen atoms in total. The van der Waals surface area contributed by atoms with Crippen LogP contribution in [0.3, 0.4) is 0 Å². The SMILES string of the molecule is CCOc1cc(C=NNC(=O)c2cc3cc([N+](=O)[O-])ccc3s2)cc(Cl)c1OC(C)C. The van der Waals surface area contributed by atoms with E-state index in [1.165, 1.54) is 29.7 Å². The quantitative estimate of drug-likeness (QED) is 0.274. The van der Waals surface area contributed by atoms with E-state index in [0.717, 1.165) is 4.70 Å². The van der Waals surface area contributed by atoms with Gasteiger partial charge < -0.3 is 9.47 Å². The standard InChI is InChI=1S/C21H20ClN3O5S/c1-4-29-17-8-13(7-16(22)20(17)30-12(2)3)11-23-24-21(26)19-10-14-9-15(25(27)28)5-6-18(14)31-19/h5-12H,4H2,1-3H3,(H,24,26). The van der Waals surface area contributed by atoms with Gasteiger partial charge in [-0.05, 0) is 50.6 Å². The zero-order chi connectivity index (χ0) is 22.5. The van der Waals surface area contributed by atoms with Crippen LogP contribution in [0.1, 0.15) is 36.0 Å². The summed E-state index contributed by atoms with van der Waals surface area (Å²) in [6.07, 6.45) is 1.38. The second kappa shape index (κ2) is 9.76. The second-order valence-electron chi connectivity index (χ2n) is 6.72. The third-order valence-corrected chi connectivity index (χ3v) is 5.40. The number of hydrazone groups is 1. The van der Waals surface area contributed by atoms with Crippen LogP contribution in [0.4, 0.5) is 5.69 Å². The highest BCUT2D eigenvalue weighted by Crippen LogP contribution is 2.37. The molecule has 0 saturated heterocycles. The first-order valence-electron chi connectivity index (χ1n) is 9.43. The third kappa shape index (κ3) is 5.50. The number of rotatable bonds is 8. The van der Waals surface area contributed by atoms with Gasteiger partial charge in [-0.15, -0.1) is 11.3 Å². The number of amides is 1. The summed E-state index contributed by atoms with van der Waals surface area (Å²) in [4.78, 5) is 23.2. The Morgan fingerprint density at radius 2 is 2.10 bits per heavy atom. The third-order valence-electron chi connectivity index (χ3n) is 4.00. The van der Waals surface area contributed by atoms with Gasteiger partial charge in [0.2, 0.25) is 0 Å². The summed E-state index contributed by atoms with van der Waals surface area (Å²) in [7, 11) is 0. The predicted molar refractivity (Wildman–Crippen MR) is 122 cm³/mol. The summed E-state index contributed by atoms with van der Waals surface area (Å²) in [6, 6.07) is 9.45. The maximum absolute atomic E-state index is 12.4. The number of hydrogen-bond donors (Lipinski definition) is 1. The number of fused-ring (bicyclic) bond motifs is 1. The Labute approximate surface area is 187 Å². The average molecular weight is 462 g/mol. The van der Waals surface area contributed by atoms with Gasteiger partial charge in [-0.2, -0.15) is 5.10 Å². The van der Waals surface area contributed by atoms with E-state index in [-0.39, 0.29) is 11.8 Å². The summed E-state index contributed by atoms with van der Waals surface area (Å²) >= 11 is 7.56. The number of nitro benzene ring substituents is 1. The Hall–Kier alpha value is -3.17. The lowest BCUT2D eigenvalue weighted by molar-refractivity contribution is -0.384. The Morgan fingerprint density at radius 3 is 2.77 bits per heavy atom. The van der Waals surface area contributed by atoms with Crippen LogP contribution in [0.25, 0.3) is 10.1 Å². The van der Waals surface area contributed by atoms with Crippen LogP contribution in [0.5, 0.6) is 11.5 Å². The first-order chi connectivity index (χ1) is 14.8. The minimum Gasteiger partial charge on any atom is -0.490 e. The topological polar surface area (TPSA) is 103 Å². The van der Waals surface area contributed by atoms with Gasteiger partial charge in [-0.1, -0.05) is 11.6 Å². The van der Waals surface area contributed by atoms with Gasteiger partial charge in [-0.25, -0.2) is 5.43 Å². The molecule has 0 unspecified atom stereocenters. The number of hydrogen-bond acceptors (Lipinski definition) is 7. The van der Waals surface area contributed by atoms with Crippen molar-refractivity contribution < 1.29 is 19.2 Å². The molecule has 0 aliphatic carbocycles. The minimum atomic E-state index is -0.472. The number of thiophene rings is 1. The molecular weight excluding hydrogens is 442 g/mol. The van der Waals surface area contributed by atoms with E-state index >= 15 is 0 Å². The average Bonchev–Trinajstić information content (AvgIpc) is 3.14. The summed E-state index contributed by atoms with van der Waals surface area (Å²) in [6.45, 7) is 6.08. The number of nitrogens with zero attached hydrogens (tertiary/aromatic N) is 2. The number of non-ortho nitro benzene ring substituents is 1. The number of carbonyl (C=O) groups excluding carboxylic acids is 1. The lowest BCUT2D eigenvalue weighted by Crippen LogP contribution is -2.16. The van der Waals surface area contributed by atoms with E-state index in [9.17, 15) is 14.9 Å². The van der Waals surface area contributed by atoms with Gasteiger partial charge in [0.1, 0.15) is 0 Å². The Morgan fingerprint density at radius 1 is 1.32 bits per heavy atom. The van der Waals surface area contributed by atoms with Gasteiger partial charge in [0.05, 0.1) is 33.7 Å². The molecule has 1 aromatic heterocycles. The van der Waals surface area contributed by atoms with Gasteiger partial charge in [0, 0.05) is 22.2 Å². The van der Waals surface area contributed by atoms with E-state index < -0.39 is 10.8 Å². The van der Waals surface area contributed by atoms with Gasteiger partial charge in [0.15, 0.2) is 11.5 Å². The molecule has 162 valence electrons. The Balaban J connectivity index is 1.76. The molecule has 1 heterocycles. The fourth-order valence-corrected chi connectivity index (χ4v) is 3.95. The van der Waals surface area contributed by atoms with Crippen LogP contribution in [-0.2, 0) is 0 Å². The normalized spacial score (nSPS) is 11.3. The first-order valence-corrected chi connectivity index (χ1v) is 10.6. The zero-order valence-corrected chi connectivity index (χ0v) is 18.6. The van der Waals surface area contributed by atoms with Gasteiger partial charge >= 0.3 is 0 Å². The van der Waals surface area contributed by atoms with Crippen molar-refractivity contribution in [1.29, 1.82) is 0 Å². The van der Waals surface area contributed by atoms with E-state index in [1.54, 1.807) is 24.3 Å². The molecule has 3 rings (SSSR count). The van der Waals surface area contributed by atoms with E-state index in [2.05, 4.69) is 10.5 Å². The van der Waals surface area contributed by atoms with E-state index in [0.29, 0.717) is 39.0 Å². The van der Waals surface area contributed by atoms with Crippen molar-refractivity contribution in [3.63, 3.8) is 0 Å². The Kier molecular flexibility index (Phi) is 7.09. The number of halogens is 1. The van der Waals surface area contributed by atoms with Crippen molar-refractivity contribution in [2.75, 3.05) is 6.61 Å². The number of nitrogens with one attached hydrogen (secondary N) is 1. The number of benzene rings is 2. The maximum Gasteiger partial charge on any atom is 0.281 e. The minimum absolute atomic E-state index is 0.0258. The molecule has 1 N–H and O–H groups in total. The smallest absolute Gasteiger partial charge is 0.281 e. The molecule has 0 fully saturated rings. The van der Waals surface area contributed by atoms with Crippen LogP contribution in [0.2, 0.25) is 5.02 Å². The van der Waals surface area contributed by atoms with Crippen molar-refractivity contribution in [3.8, 4) is 11.5 Å². The van der Waals surface area contributed by atoms with Crippen molar-refractivity contribution in [2.24, 2.45) is 5.10 Å². The molecular formula is C21H20ClN3O5S. The van der Waals surface area contributed by atoms with Crippen LogP contribution in [0.15, 0.2) is 41.5 Å². The van der Waals surface area contributed by atoms with Crippen molar-refractivity contribution in [2.45, 2.75) is 26.9 Å². The molecule has 2 aromatic carbocycles. The molecule has 0 aliphatic rings. The summed E-state index contributed by atoms with van der Waals surface area (Å²) in [5.74, 6) is 0.526. The molecule has 1 amide bonds. The molecule has 0 atom stereocenters. The molecule has 0 bridgehead atoms. The van der Waals surface area contributed by atoms with Crippen LogP contribution in [0, 0.1) is 10.1 Å². The lowest BCUT2D eigenvalue weighted by atomic mass is 10.2. The van der Waals surface area contributed by atoms with Crippen LogP contribution in [-0.4, -0.2) is 29.8 Å². The number of nitro groups is 1. The molecule has 0 spiro atoms. The van der Waals surface area contributed by atoms with E-state index in [1.807, 2.05) is 20.8 Å². The molecule has 0 radical (unpaired) electrons. The van der Waals surface area contributed by atoms with Crippen molar-refractivity contribution in [1.82, 2.24) is 5.43 Å². The highest BCUT2D eigenvalue weighted by Gasteiger charge is 2.15. The highest BCUT2D eigenvalue weighted by molar-refractivity contribution is 7.20. The lowest BCUT2D eigenvalue weighted by Gasteiger charge is -2.16. The summed E-state index contributed by atoms with van der Waals surface area (Å²) < 4.78 is 12.1. The number of carbonyl (C=O) groups is 1. The summed E-state index contributed by atoms with van der Waals surface area (Å²) in [5.41, 5.74) is 3.05. The molecule has 0 aliphatic heterocycles. The van der Waals surface area contributed by atoms with Gasteiger partial charge in [0.25, 0.3) is 11.6 Å². The highest BCUT2D eigenvalue weighted by atomic mass is 35.5. The largest absolute Gasteiger partial charge is 0.490 e. The molecule has 3 aromatic rings.